The van der Waals surface area contributed by atoms with Crippen molar-refractivity contribution in [1.82, 2.24) is 0 Å². The van der Waals surface area contributed by atoms with Crippen molar-refractivity contribution in [3.05, 3.63) is 33.9 Å². The summed E-state index contributed by atoms with van der Waals surface area (Å²) < 4.78 is 103. The molecule has 1 aromatic carbocycles. The van der Waals surface area contributed by atoms with Crippen LogP contribution >= 0.6 is 0 Å². The summed E-state index contributed by atoms with van der Waals surface area (Å²) in [5.74, 6) is -5.09. The number of benzene rings is 1. The fraction of sp³-hybridized carbons (Fsp3) is 0.273. The van der Waals surface area contributed by atoms with Gasteiger partial charge >= 0.3 is 12.4 Å². The van der Waals surface area contributed by atoms with Gasteiger partial charge in [0.15, 0.2) is 11.6 Å². The Balaban J connectivity index is 4.06. The zero-order valence-electron chi connectivity index (χ0n) is 9.63. The van der Waals surface area contributed by atoms with Crippen molar-refractivity contribution in [3.63, 3.8) is 0 Å². The average Bonchev–Trinajstić information content (AvgIpc) is 2.31. The van der Waals surface area contributed by atoms with E-state index in [0.29, 0.717) is 0 Å². The van der Waals surface area contributed by atoms with Gasteiger partial charge in [0, 0.05) is 5.56 Å². The first-order valence-electron chi connectivity index (χ1n) is 4.92. The quantitative estimate of drug-likeness (QED) is 0.737. The van der Waals surface area contributed by atoms with Gasteiger partial charge in [0.05, 0.1) is 23.6 Å². The summed E-state index contributed by atoms with van der Waals surface area (Å²) >= 11 is 0. The molecule has 10 heteroatoms. The van der Waals surface area contributed by atoms with Crippen LogP contribution in [-0.2, 0) is 18.8 Å². The van der Waals surface area contributed by atoms with E-state index in [4.69, 9.17) is 10.5 Å². The second-order valence-corrected chi connectivity index (χ2v) is 3.67. The highest BCUT2D eigenvalue weighted by molar-refractivity contribution is 5.53. The second kappa shape index (κ2) is 5.20. The van der Waals surface area contributed by atoms with Gasteiger partial charge in [-0.3, -0.25) is 0 Å². The third-order valence-corrected chi connectivity index (χ3v) is 2.41. The fourth-order valence-electron chi connectivity index (χ4n) is 1.66. The molecule has 0 unspecified atom stereocenters. The van der Waals surface area contributed by atoms with Crippen LogP contribution in [0.1, 0.15) is 22.3 Å². The lowest BCUT2D eigenvalue weighted by molar-refractivity contribution is -0.164. The van der Waals surface area contributed by atoms with Crippen LogP contribution in [0.4, 0.5) is 35.1 Å². The van der Waals surface area contributed by atoms with Crippen molar-refractivity contribution < 1.29 is 35.1 Å². The zero-order valence-corrected chi connectivity index (χ0v) is 9.63. The number of rotatable bonds is 1. The van der Waals surface area contributed by atoms with E-state index in [1.54, 1.807) is 0 Å². The molecule has 0 atom stereocenters. The van der Waals surface area contributed by atoms with Gasteiger partial charge in [-0.15, -0.1) is 0 Å². The minimum atomic E-state index is -5.87. The van der Waals surface area contributed by atoms with Crippen LogP contribution in [0.3, 0.4) is 0 Å². The van der Waals surface area contributed by atoms with Crippen molar-refractivity contribution in [2.45, 2.75) is 18.8 Å². The lowest BCUT2D eigenvalue weighted by Gasteiger charge is -2.19. The Labute approximate surface area is 111 Å². The van der Waals surface area contributed by atoms with Gasteiger partial charge in [-0.2, -0.15) is 36.9 Å². The highest BCUT2D eigenvalue weighted by Crippen LogP contribution is 2.45. The van der Waals surface area contributed by atoms with Crippen LogP contribution < -0.4 is 0 Å². The Morgan fingerprint density at radius 2 is 1.29 bits per heavy atom. The monoisotopic (exact) mass is 314 g/mol. The van der Waals surface area contributed by atoms with E-state index < -0.39 is 52.7 Å². The van der Waals surface area contributed by atoms with Gasteiger partial charge in [0.2, 0.25) is 0 Å². The maximum Gasteiger partial charge on any atom is 0.419 e. The van der Waals surface area contributed by atoms with Crippen LogP contribution in [0.25, 0.3) is 0 Å². The summed E-state index contributed by atoms with van der Waals surface area (Å²) in [7, 11) is 0. The van der Waals surface area contributed by atoms with E-state index >= 15 is 0 Å². The summed E-state index contributed by atoms with van der Waals surface area (Å²) in [6, 6.07) is 1.92. The molecule has 21 heavy (non-hydrogen) atoms. The van der Waals surface area contributed by atoms with Crippen LogP contribution in [0.2, 0.25) is 0 Å². The lowest BCUT2D eigenvalue weighted by atomic mass is 9.93. The topological polar surface area (TPSA) is 47.6 Å². The molecule has 0 radical (unpaired) electrons. The normalized spacial score (nSPS) is 11.9. The molecule has 0 aliphatic carbocycles. The molecule has 112 valence electrons. The van der Waals surface area contributed by atoms with Crippen molar-refractivity contribution >= 4 is 0 Å². The molecule has 1 rings (SSSR count). The number of nitrogens with zero attached hydrogens (tertiary/aromatic N) is 2. The lowest BCUT2D eigenvalue weighted by Crippen LogP contribution is -2.23. The molecular formula is C11H2F8N2. The molecule has 0 fully saturated rings. The Kier molecular flexibility index (Phi) is 4.14. The minimum Gasteiger partial charge on any atom is -0.203 e. The average molecular weight is 314 g/mol. The molecule has 0 aromatic heterocycles. The molecule has 2 nitrogen and oxygen atoms in total. The molecule has 0 saturated carbocycles. The standard InChI is InChI=1S/C11H2F8N2/c12-8-4(1-2-20)5(3-21)6(10(14,15)16)7(9(8)13)11(17,18)19/h1H2. The highest BCUT2D eigenvalue weighted by Gasteiger charge is 2.49. The van der Waals surface area contributed by atoms with Gasteiger partial charge in [-0.1, -0.05) is 0 Å². The molecule has 0 saturated heterocycles. The van der Waals surface area contributed by atoms with Crippen LogP contribution in [0, 0.1) is 34.3 Å². The van der Waals surface area contributed by atoms with Gasteiger partial charge in [0.1, 0.15) is 11.6 Å². The minimum absolute atomic E-state index is 0.758. The Bertz CT molecular complexity index is 657. The Morgan fingerprint density at radius 3 is 1.62 bits per heavy atom. The van der Waals surface area contributed by atoms with Gasteiger partial charge in [-0.25, -0.2) is 8.78 Å². The van der Waals surface area contributed by atoms with Gasteiger partial charge < -0.3 is 0 Å². The maximum absolute atomic E-state index is 13.5. The Hall–Kier alpha value is -2.36. The number of hydrogen-bond donors (Lipinski definition) is 0. The first-order valence-corrected chi connectivity index (χ1v) is 4.92. The van der Waals surface area contributed by atoms with Crippen LogP contribution in [-0.4, -0.2) is 0 Å². The molecule has 0 spiro atoms. The molecule has 0 heterocycles. The SMILES string of the molecule is N#CCc1c(F)c(F)c(C(F)(F)F)c(C(F)(F)F)c1C#N. The van der Waals surface area contributed by atoms with Crippen molar-refractivity contribution in [3.8, 4) is 12.1 Å². The molecule has 0 aliphatic heterocycles. The molecular weight excluding hydrogens is 312 g/mol. The summed E-state index contributed by atoms with van der Waals surface area (Å²) in [6.45, 7) is 0. The van der Waals surface area contributed by atoms with E-state index in [9.17, 15) is 35.1 Å². The number of halogens is 8. The summed E-state index contributed by atoms with van der Waals surface area (Å²) in [5, 5.41) is 16.9. The molecule has 0 bridgehead atoms. The van der Waals surface area contributed by atoms with E-state index in [2.05, 4.69) is 0 Å². The van der Waals surface area contributed by atoms with E-state index in [1.807, 2.05) is 0 Å². The maximum atomic E-state index is 13.5. The van der Waals surface area contributed by atoms with Gasteiger partial charge in [-0.05, 0) is 0 Å². The number of hydrogen-bond acceptors (Lipinski definition) is 2. The zero-order chi connectivity index (χ0) is 16.6. The highest BCUT2D eigenvalue weighted by atomic mass is 19.4. The number of alkyl halides is 6. The van der Waals surface area contributed by atoms with E-state index in [0.717, 1.165) is 12.1 Å². The van der Waals surface area contributed by atoms with Crippen LogP contribution in [0.15, 0.2) is 0 Å². The summed E-state index contributed by atoms with van der Waals surface area (Å²) in [6.07, 6.45) is -12.8. The molecule has 0 N–H and O–H groups in total. The van der Waals surface area contributed by atoms with E-state index in [-0.39, 0.29) is 0 Å². The van der Waals surface area contributed by atoms with Crippen molar-refractivity contribution in [2.75, 3.05) is 0 Å². The summed E-state index contributed by atoms with van der Waals surface area (Å²) in [5.41, 5.74) is -8.67. The first kappa shape index (κ1) is 16.7. The smallest absolute Gasteiger partial charge is 0.203 e. The molecule has 1 aromatic rings. The second-order valence-electron chi connectivity index (χ2n) is 3.67. The third kappa shape index (κ3) is 2.89. The first-order chi connectivity index (χ1) is 9.46. The largest absolute Gasteiger partial charge is 0.419 e. The molecule has 0 aliphatic rings. The van der Waals surface area contributed by atoms with Crippen molar-refractivity contribution in [1.29, 1.82) is 10.5 Å². The molecule has 0 amide bonds. The number of nitriles is 2. The summed E-state index contributed by atoms with van der Waals surface area (Å²) in [4.78, 5) is 0. The Morgan fingerprint density at radius 1 is 0.810 bits per heavy atom. The van der Waals surface area contributed by atoms with Crippen molar-refractivity contribution in [2.24, 2.45) is 0 Å². The van der Waals surface area contributed by atoms with E-state index in [1.165, 1.54) is 0 Å². The third-order valence-electron chi connectivity index (χ3n) is 2.41. The van der Waals surface area contributed by atoms with Crippen LogP contribution in [0.5, 0.6) is 0 Å². The predicted molar refractivity (Wildman–Crippen MR) is 50.4 cm³/mol. The van der Waals surface area contributed by atoms with Gasteiger partial charge in [0.25, 0.3) is 0 Å². The fourth-order valence-corrected chi connectivity index (χ4v) is 1.66. The predicted octanol–water partition coefficient (Wildman–Crippen LogP) is 3.94.